The fourth-order valence-corrected chi connectivity index (χ4v) is 7.22. The molecule has 2 fully saturated rings. The SMILES string of the molecule is Cc1cc(Cl)c(OCCOc2ccc(C34CCC(CC=C3C(=O)N(Cc3ccnc(OCCCO)c3C)C3CC3)N4)cc2)c(Cl)c1. The molecule has 3 aliphatic rings. The van der Waals surface area contributed by atoms with Gasteiger partial charge in [0.05, 0.1) is 22.2 Å². The van der Waals surface area contributed by atoms with E-state index in [1.165, 1.54) is 0 Å². The standard InChI is InChI=1S/C36H41Cl2N3O5/c1-23-20-31(37)33(32(38)21-23)45-19-18-44-29-9-4-26(5-10-29)36-14-12-27(40-36)6-11-30(36)35(43)41(28-7-8-28)22-25-13-15-39-34(24(25)2)46-17-3-16-42/h4-5,9-11,13,15,20-21,27-28,40,42H,3,6-8,12,14,16-19,22H2,1-2H3. The number of ether oxygens (including phenoxy) is 3. The van der Waals surface area contributed by atoms with Crippen LogP contribution in [-0.4, -0.2) is 59.4 Å². The van der Waals surface area contributed by atoms with Crippen LogP contribution in [0.25, 0.3) is 0 Å². The summed E-state index contributed by atoms with van der Waals surface area (Å²) in [6.45, 7) is 5.50. The fraction of sp³-hybridized carbons (Fsp3) is 0.444. The van der Waals surface area contributed by atoms with Gasteiger partial charge >= 0.3 is 0 Å². The van der Waals surface area contributed by atoms with Gasteiger partial charge < -0.3 is 29.5 Å². The molecule has 2 N–H and O–H groups in total. The summed E-state index contributed by atoms with van der Waals surface area (Å²) in [7, 11) is 0. The first-order chi connectivity index (χ1) is 22.3. The molecule has 0 spiro atoms. The van der Waals surface area contributed by atoms with E-state index >= 15 is 0 Å². The lowest BCUT2D eigenvalue weighted by atomic mass is 9.79. The smallest absolute Gasteiger partial charge is 0.252 e. The zero-order valence-electron chi connectivity index (χ0n) is 26.4. The molecule has 46 heavy (non-hydrogen) atoms. The van der Waals surface area contributed by atoms with Crippen LogP contribution in [0.3, 0.4) is 0 Å². The van der Waals surface area contributed by atoms with Gasteiger partial charge in [-0.05, 0) is 93.0 Å². The lowest BCUT2D eigenvalue weighted by Crippen LogP contribution is -2.50. The second-order valence-electron chi connectivity index (χ2n) is 12.4. The Morgan fingerprint density at radius 1 is 1.02 bits per heavy atom. The minimum Gasteiger partial charge on any atom is -0.490 e. The van der Waals surface area contributed by atoms with Crippen LogP contribution in [0.1, 0.15) is 60.8 Å². The van der Waals surface area contributed by atoms with Crippen LogP contribution in [0.5, 0.6) is 17.4 Å². The van der Waals surface area contributed by atoms with E-state index in [0.717, 1.165) is 65.7 Å². The van der Waals surface area contributed by atoms with Gasteiger partial charge in [0.25, 0.3) is 5.91 Å². The lowest BCUT2D eigenvalue weighted by Gasteiger charge is -2.38. The topological polar surface area (TPSA) is 93.2 Å². The van der Waals surface area contributed by atoms with Crippen LogP contribution in [0.2, 0.25) is 10.0 Å². The molecule has 6 rings (SSSR count). The molecule has 0 radical (unpaired) electrons. The van der Waals surface area contributed by atoms with E-state index in [0.29, 0.717) is 60.5 Å². The van der Waals surface area contributed by atoms with Crippen LogP contribution >= 0.6 is 23.2 Å². The average Bonchev–Trinajstić information content (AvgIpc) is 3.83. The molecule has 2 unspecified atom stereocenters. The second kappa shape index (κ2) is 14.2. The number of carbonyl (C=O) groups is 1. The van der Waals surface area contributed by atoms with E-state index in [9.17, 15) is 4.79 Å². The van der Waals surface area contributed by atoms with Crippen molar-refractivity contribution < 1.29 is 24.1 Å². The van der Waals surface area contributed by atoms with E-state index in [1.807, 2.05) is 49.1 Å². The Hall–Kier alpha value is -3.30. The minimum atomic E-state index is -0.542. The number of fused-ring (bicyclic) bond motifs is 2. The normalized spacial score (nSPS) is 20.3. The van der Waals surface area contributed by atoms with Gasteiger partial charge in [-0.1, -0.05) is 41.4 Å². The maximum atomic E-state index is 14.5. The molecule has 1 aromatic heterocycles. The number of hydrogen-bond acceptors (Lipinski definition) is 7. The summed E-state index contributed by atoms with van der Waals surface area (Å²) < 4.78 is 17.6. The quantitative estimate of drug-likeness (QED) is 0.185. The predicted octanol–water partition coefficient (Wildman–Crippen LogP) is 6.69. The fourth-order valence-electron chi connectivity index (χ4n) is 6.52. The van der Waals surface area contributed by atoms with Gasteiger partial charge in [0, 0.05) is 49.0 Å². The van der Waals surface area contributed by atoms with Crippen molar-refractivity contribution in [1.82, 2.24) is 15.2 Å². The summed E-state index contributed by atoms with van der Waals surface area (Å²) in [5.41, 5.74) is 4.27. The van der Waals surface area contributed by atoms with Crippen molar-refractivity contribution in [2.45, 2.75) is 76.5 Å². The van der Waals surface area contributed by atoms with Crippen molar-refractivity contribution in [2.75, 3.05) is 26.4 Å². The minimum absolute atomic E-state index is 0.0686. The molecule has 2 atom stereocenters. The summed E-state index contributed by atoms with van der Waals surface area (Å²) in [5, 5.41) is 13.9. The molecule has 244 valence electrons. The van der Waals surface area contributed by atoms with Gasteiger partial charge in [-0.25, -0.2) is 4.98 Å². The van der Waals surface area contributed by atoms with E-state index in [4.69, 9.17) is 42.5 Å². The number of halogens is 2. The lowest BCUT2D eigenvalue weighted by molar-refractivity contribution is -0.129. The number of benzene rings is 2. The second-order valence-corrected chi connectivity index (χ2v) is 13.2. The highest BCUT2D eigenvalue weighted by Crippen LogP contribution is 2.46. The first kappa shape index (κ1) is 32.6. The Balaban J connectivity index is 1.15. The number of nitrogens with zero attached hydrogens (tertiary/aromatic N) is 2. The van der Waals surface area contributed by atoms with Crippen molar-refractivity contribution in [2.24, 2.45) is 0 Å². The zero-order chi connectivity index (χ0) is 32.3. The number of nitrogens with one attached hydrogen (secondary N) is 1. The predicted molar refractivity (Wildman–Crippen MR) is 179 cm³/mol. The highest BCUT2D eigenvalue weighted by atomic mass is 35.5. The van der Waals surface area contributed by atoms with Gasteiger partial charge in [0.1, 0.15) is 19.0 Å². The van der Waals surface area contributed by atoms with E-state index in [-0.39, 0.29) is 18.6 Å². The van der Waals surface area contributed by atoms with Crippen molar-refractivity contribution in [3.63, 3.8) is 0 Å². The number of hydrogen-bond donors (Lipinski definition) is 2. The van der Waals surface area contributed by atoms with Gasteiger partial charge in [-0.2, -0.15) is 0 Å². The molecule has 2 bridgehead atoms. The third-order valence-corrected chi connectivity index (χ3v) is 9.67. The maximum absolute atomic E-state index is 14.5. The molecule has 8 nitrogen and oxygen atoms in total. The van der Waals surface area contributed by atoms with Crippen molar-refractivity contribution in [1.29, 1.82) is 0 Å². The number of rotatable bonds is 14. The largest absolute Gasteiger partial charge is 0.490 e. The molecule has 1 aliphatic carbocycles. The summed E-state index contributed by atoms with van der Waals surface area (Å²) in [5.74, 6) is 1.82. The van der Waals surface area contributed by atoms with Crippen LogP contribution in [0, 0.1) is 13.8 Å². The molecular formula is C36H41Cl2N3O5. The van der Waals surface area contributed by atoms with Crippen LogP contribution in [-0.2, 0) is 16.9 Å². The molecule has 1 saturated heterocycles. The number of aliphatic hydroxyl groups is 1. The maximum Gasteiger partial charge on any atom is 0.252 e. The summed E-state index contributed by atoms with van der Waals surface area (Å²) >= 11 is 12.6. The Labute approximate surface area is 280 Å². The average molecular weight is 667 g/mol. The Morgan fingerprint density at radius 3 is 2.48 bits per heavy atom. The highest BCUT2D eigenvalue weighted by molar-refractivity contribution is 6.37. The molecule has 10 heteroatoms. The highest BCUT2D eigenvalue weighted by Gasteiger charge is 2.49. The first-order valence-corrected chi connectivity index (χ1v) is 16.8. The number of pyridine rings is 1. The van der Waals surface area contributed by atoms with Gasteiger partial charge in [-0.15, -0.1) is 0 Å². The molecule has 3 heterocycles. The van der Waals surface area contributed by atoms with E-state index in [1.54, 1.807) is 6.20 Å². The van der Waals surface area contributed by atoms with Crippen LogP contribution < -0.4 is 19.5 Å². The third-order valence-electron chi connectivity index (χ3n) is 9.10. The number of aryl methyl sites for hydroxylation is 1. The molecular weight excluding hydrogens is 625 g/mol. The third kappa shape index (κ3) is 7.00. The number of amides is 1. The van der Waals surface area contributed by atoms with Crippen molar-refractivity contribution in [3.8, 4) is 17.4 Å². The molecule has 2 aromatic carbocycles. The Morgan fingerprint density at radius 2 is 1.76 bits per heavy atom. The summed E-state index contributed by atoms with van der Waals surface area (Å²) in [4.78, 5) is 20.9. The number of aliphatic hydroxyl groups excluding tert-OH is 1. The zero-order valence-corrected chi connectivity index (χ0v) is 27.9. The summed E-state index contributed by atoms with van der Waals surface area (Å²) in [6.07, 6.45) is 9.16. The van der Waals surface area contributed by atoms with Gasteiger partial charge in [0.15, 0.2) is 5.75 Å². The molecule has 3 aromatic rings. The molecule has 1 saturated carbocycles. The summed E-state index contributed by atoms with van der Waals surface area (Å²) in [6, 6.07) is 14.2. The van der Waals surface area contributed by atoms with Gasteiger partial charge in [0.2, 0.25) is 5.88 Å². The van der Waals surface area contributed by atoms with E-state index in [2.05, 4.69) is 28.5 Å². The van der Waals surface area contributed by atoms with Gasteiger partial charge in [-0.3, -0.25) is 4.79 Å². The van der Waals surface area contributed by atoms with Crippen molar-refractivity contribution >= 4 is 29.1 Å². The number of aromatic nitrogens is 1. The Kier molecular flexibility index (Phi) is 10.1. The van der Waals surface area contributed by atoms with Crippen LogP contribution in [0.4, 0.5) is 0 Å². The van der Waals surface area contributed by atoms with E-state index < -0.39 is 5.54 Å². The molecule has 1 amide bonds. The Bertz CT molecular complexity index is 1570. The van der Waals surface area contributed by atoms with Crippen LogP contribution in [0.15, 0.2) is 60.3 Å². The monoisotopic (exact) mass is 665 g/mol. The van der Waals surface area contributed by atoms with Crippen molar-refractivity contribution in [3.05, 3.63) is 92.6 Å². The first-order valence-electron chi connectivity index (χ1n) is 16.1. The molecule has 2 aliphatic heterocycles. The number of carbonyl (C=O) groups excluding carboxylic acids is 1.